The molecular formula is C34H61N11O12. The van der Waals surface area contributed by atoms with Crippen molar-refractivity contribution in [3.8, 4) is 0 Å². The molecule has 0 saturated carbocycles. The number of hydrogen-bond acceptors (Lipinski definition) is 13. The highest BCUT2D eigenvalue weighted by Gasteiger charge is 2.39. The van der Waals surface area contributed by atoms with Gasteiger partial charge in [0.1, 0.15) is 36.3 Å². The quantitative estimate of drug-likeness (QED) is 0.0221. The Morgan fingerprint density at radius 3 is 1.91 bits per heavy atom. The molecule has 1 fully saturated rings. The third-order valence-electron chi connectivity index (χ3n) is 8.91. The molecule has 0 aromatic rings. The minimum Gasteiger partial charge on any atom is -0.481 e. The third-order valence-corrected chi connectivity index (χ3v) is 8.91. The molecule has 57 heavy (non-hydrogen) atoms. The molecule has 0 spiro atoms. The van der Waals surface area contributed by atoms with E-state index in [-0.39, 0.29) is 63.6 Å². The van der Waals surface area contributed by atoms with Gasteiger partial charge in [0.15, 0.2) is 5.96 Å². The molecule has 0 radical (unpaired) electrons. The fraction of sp³-hybridized carbons (Fsp3) is 0.735. The van der Waals surface area contributed by atoms with Crippen molar-refractivity contribution >= 4 is 53.3 Å². The SMILES string of the molecule is CC(C)C[C@H](NC(=O)[C@@H](NC(=O)[C@H](CO)NC(=O)[C@@H]1CCCN1C(=O)[C@@H](N)CC(=O)O)[C@@H](C)O)C(=O)N[C@@H](CCCCN)C(=O)N[C@@H](CCCN=C(N)N)C(=O)O. The first-order chi connectivity index (χ1) is 26.7. The van der Waals surface area contributed by atoms with E-state index in [0.29, 0.717) is 19.3 Å². The highest BCUT2D eigenvalue weighted by molar-refractivity contribution is 5.97. The molecule has 0 unspecified atom stereocenters. The summed E-state index contributed by atoms with van der Waals surface area (Å²) < 4.78 is 0. The number of carbonyl (C=O) groups excluding carboxylic acids is 6. The number of aliphatic hydroxyl groups is 2. The van der Waals surface area contributed by atoms with E-state index in [2.05, 4.69) is 31.6 Å². The molecule has 17 N–H and O–H groups in total. The number of aliphatic hydroxyl groups excluding tert-OH is 2. The van der Waals surface area contributed by atoms with Gasteiger partial charge in [-0.3, -0.25) is 38.6 Å². The molecule has 8 atom stereocenters. The predicted octanol–water partition coefficient (Wildman–Crippen LogP) is -5.11. The maximum absolute atomic E-state index is 13.7. The molecule has 1 heterocycles. The van der Waals surface area contributed by atoms with Crippen LogP contribution in [-0.2, 0) is 38.4 Å². The third kappa shape index (κ3) is 17.7. The number of carboxylic acid groups (broad SMARTS) is 2. The van der Waals surface area contributed by atoms with Gasteiger partial charge in [-0.15, -0.1) is 0 Å². The molecule has 0 aliphatic carbocycles. The standard InChI is InChI=1S/C34H61N11O12/c1-17(2)14-22(28(51)40-20(8-4-5-11-35)27(50)41-21(33(56)57)9-6-12-39-34(37)38)42-31(54)26(18(3)47)44-29(52)23(16-46)43-30(53)24-10-7-13-45(24)32(55)19(36)15-25(48)49/h17-24,26,46-47H,4-16,35-36H2,1-3H3,(H,40,51)(H,41,50)(H,42,54)(H,43,53)(H,44,52)(H,48,49)(H,56,57)(H4,37,38,39)/t18-,19+,20+,21+,22+,23+,24+,26+/m1/s1. The largest absolute Gasteiger partial charge is 0.481 e. The van der Waals surface area contributed by atoms with E-state index in [1.165, 1.54) is 6.92 Å². The Balaban J connectivity index is 3.13. The highest BCUT2D eigenvalue weighted by Crippen LogP contribution is 2.19. The zero-order valence-electron chi connectivity index (χ0n) is 32.6. The Morgan fingerprint density at radius 2 is 1.37 bits per heavy atom. The van der Waals surface area contributed by atoms with E-state index in [1.54, 1.807) is 13.8 Å². The first-order valence-corrected chi connectivity index (χ1v) is 18.8. The maximum atomic E-state index is 13.7. The Morgan fingerprint density at radius 1 is 0.789 bits per heavy atom. The van der Waals surface area contributed by atoms with Gasteiger partial charge in [0.25, 0.3) is 0 Å². The number of rotatable bonds is 26. The minimum atomic E-state index is -1.72. The number of carboxylic acids is 2. The molecule has 1 aliphatic heterocycles. The van der Waals surface area contributed by atoms with Crippen molar-refractivity contribution in [1.29, 1.82) is 0 Å². The summed E-state index contributed by atoms with van der Waals surface area (Å²) in [6, 6.07) is -9.82. The summed E-state index contributed by atoms with van der Waals surface area (Å²) >= 11 is 0. The lowest BCUT2D eigenvalue weighted by Gasteiger charge is -2.29. The Labute approximate surface area is 330 Å². The van der Waals surface area contributed by atoms with E-state index < -0.39 is 109 Å². The zero-order valence-corrected chi connectivity index (χ0v) is 32.6. The fourth-order valence-corrected chi connectivity index (χ4v) is 5.94. The second-order valence-corrected chi connectivity index (χ2v) is 14.2. The normalized spacial score (nSPS) is 17.5. The molecule has 1 aliphatic rings. The van der Waals surface area contributed by atoms with E-state index in [9.17, 15) is 53.7 Å². The second-order valence-electron chi connectivity index (χ2n) is 14.2. The van der Waals surface area contributed by atoms with Gasteiger partial charge in [0.05, 0.1) is 25.2 Å². The van der Waals surface area contributed by atoms with Crippen LogP contribution in [0.2, 0.25) is 0 Å². The predicted molar refractivity (Wildman–Crippen MR) is 203 cm³/mol. The van der Waals surface area contributed by atoms with Gasteiger partial charge in [0.2, 0.25) is 35.4 Å². The van der Waals surface area contributed by atoms with Crippen molar-refractivity contribution in [3.05, 3.63) is 0 Å². The lowest BCUT2D eigenvalue weighted by molar-refractivity contribution is -0.144. The van der Waals surface area contributed by atoms with E-state index >= 15 is 0 Å². The zero-order chi connectivity index (χ0) is 43.4. The van der Waals surface area contributed by atoms with Crippen LogP contribution in [0.25, 0.3) is 0 Å². The van der Waals surface area contributed by atoms with E-state index in [1.807, 2.05) is 0 Å². The first-order valence-electron chi connectivity index (χ1n) is 18.8. The number of aliphatic imine (C=N–C) groups is 1. The molecule has 0 bridgehead atoms. The van der Waals surface area contributed by atoms with Gasteiger partial charge >= 0.3 is 11.9 Å². The molecule has 1 rings (SSSR count). The van der Waals surface area contributed by atoms with Crippen molar-refractivity contribution in [2.24, 2.45) is 33.8 Å². The molecule has 0 aromatic carbocycles. The fourth-order valence-electron chi connectivity index (χ4n) is 5.94. The number of guanidine groups is 1. The number of nitrogens with two attached hydrogens (primary N) is 4. The second kappa shape index (κ2) is 25.2. The topological polar surface area (TPSA) is 397 Å². The van der Waals surface area contributed by atoms with Gasteiger partial charge in [-0.1, -0.05) is 13.8 Å². The molecule has 324 valence electrons. The van der Waals surface area contributed by atoms with Crippen molar-refractivity contribution in [1.82, 2.24) is 31.5 Å². The maximum Gasteiger partial charge on any atom is 0.326 e. The van der Waals surface area contributed by atoms with Gasteiger partial charge < -0.3 is 74.8 Å². The molecule has 0 aromatic heterocycles. The smallest absolute Gasteiger partial charge is 0.326 e. The number of carbonyl (C=O) groups is 8. The number of aliphatic carboxylic acids is 2. The average Bonchev–Trinajstić information content (AvgIpc) is 3.62. The summed E-state index contributed by atoms with van der Waals surface area (Å²) in [5, 5.41) is 51.2. The van der Waals surface area contributed by atoms with E-state index in [4.69, 9.17) is 28.0 Å². The van der Waals surface area contributed by atoms with Gasteiger partial charge in [0, 0.05) is 13.1 Å². The lowest BCUT2D eigenvalue weighted by Crippen LogP contribution is -2.62. The summed E-state index contributed by atoms with van der Waals surface area (Å²) in [7, 11) is 0. The van der Waals surface area contributed by atoms with Crippen LogP contribution in [-0.4, -0.2) is 153 Å². The van der Waals surface area contributed by atoms with Crippen molar-refractivity contribution in [3.63, 3.8) is 0 Å². The van der Waals surface area contributed by atoms with Crippen LogP contribution in [0.3, 0.4) is 0 Å². The van der Waals surface area contributed by atoms with Crippen molar-refractivity contribution in [2.45, 2.75) is 127 Å². The molecule has 23 nitrogen and oxygen atoms in total. The molecule has 23 heteroatoms. The number of amides is 6. The Kier molecular flexibility index (Phi) is 22.0. The summed E-state index contributed by atoms with van der Waals surface area (Å²) in [4.78, 5) is 107. The van der Waals surface area contributed by atoms with Crippen LogP contribution in [0, 0.1) is 5.92 Å². The highest BCUT2D eigenvalue weighted by atomic mass is 16.4. The van der Waals surface area contributed by atoms with Crippen molar-refractivity contribution in [2.75, 3.05) is 26.2 Å². The summed E-state index contributed by atoms with van der Waals surface area (Å²) in [6.45, 7) is 4.21. The summed E-state index contributed by atoms with van der Waals surface area (Å²) in [5.41, 5.74) is 21.9. The Bertz CT molecular complexity index is 1430. The molecular weight excluding hydrogens is 754 g/mol. The molecule has 1 saturated heterocycles. The van der Waals surface area contributed by atoms with Crippen LogP contribution in [0.15, 0.2) is 4.99 Å². The van der Waals surface area contributed by atoms with Gasteiger partial charge in [-0.25, -0.2) is 4.79 Å². The number of unbranched alkanes of at least 4 members (excludes halogenated alkanes) is 1. The number of nitrogens with zero attached hydrogens (tertiary/aromatic N) is 2. The monoisotopic (exact) mass is 815 g/mol. The van der Waals surface area contributed by atoms with Crippen LogP contribution < -0.4 is 49.5 Å². The minimum absolute atomic E-state index is 0.0252. The van der Waals surface area contributed by atoms with Crippen LogP contribution in [0.1, 0.15) is 78.6 Å². The van der Waals surface area contributed by atoms with Crippen LogP contribution >= 0.6 is 0 Å². The average molecular weight is 816 g/mol. The number of likely N-dealkylation sites (tertiary alicyclic amines) is 1. The summed E-state index contributed by atoms with van der Waals surface area (Å²) in [6.07, 6.45) is -0.554. The van der Waals surface area contributed by atoms with Crippen LogP contribution in [0.4, 0.5) is 0 Å². The van der Waals surface area contributed by atoms with Gasteiger partial charge in [-0.2, -0.15) is 0 Å². The first kappa shape index (κ1) is 49.9. The van der Waals surface area contributed by atoms with Crippen LogP contribution in [0.5, 0.6) is 0 Å². The molecule has 6 amide bonds. The Hall–Kier alpha value is -5.13. The number of nitrogens with one attached hydrogen (secondary N) is 5. The van der Waals surface area contributed by atoms with Crippen molar-refractivity contribution < 1.29 is 58.8 Å². The number of hydrogen-bond donors (Lipinski definition) is 13. The summed E-state index contributed by atoms with van der Waals surface area (Å²) in [5.74, 6) is -8.41. The van der Waals surface area contributed by atoms with E-state index in [0.717, 1.165) is 4.90 Å². The van der Waals surface area contributed by atoms with Gasteiger partial charge in [-0.05, 0) is 70.8 Å². The lowest BCUT2D eigenvalue weighted by atomic mass is 10.0.